The van der Waals surface area contributed by atoms with E-state index in [1.54, 1.807) is 18.4 Å². The van der Waals surface area contributed by atoms with E-state index in [0.29, 0.717) is 19.5 Å². The van der Waals surface area contributed by atoms with E-state index < -0.39 is 0 Å². The highest BCUT2D eigenvalue weighted by atomic mass is 32.1. The van der Waals surface area contributed by atoms with Crippen LogP contribution in [-0.2, 0) is 17.9 Å². The maximum atomic E-state index is 12.6. The minimum Gasteiger partial charge on any atom is -0.496 e. The number of thiophene rings is 1. The molecule has 0 fully saturated rings. The zero-order valence-corrected chi connectivity index (χ0v) is 14.8. The van der Waals surface area contributed by atoms with Gasteiger partial charge in [-0.1, -0.05) is 44.0 Å². The van der Waals surface area contributed by atoms with Gasteiger partial charge in [0.1, 0.15) is 5.75 Å². The second kappa shape index (κ2) is 9.36. The van der Waals surface area contributed by atoms with Gasteiger partial charge in [-0.05, 0) is 23.9 Å². The molecular formula is C19H25NO2S. The number of ether oxygens (including phenoxy) is 1. The number of hydrogen-bond acceptors (Lipinski definition) is 3. The van der Waals surface area contributed by atoms with Crippen molar-refractivity contribution in [3.8, 4) is 5.75 Å². The van der Waals surface area contributed by atoms with Crippen molar-refractivity contribution in [2.24, 2.45) is 0 Å². The zero-order valence-electron chi connectivity index (χ0n) is 14.0. The minimum absolute atomic E-state index is 0.220. The highest BCUT2D eigenvalue weighted by molar-refractivity contribution is 7.09. The van der Waals surface area contributed by atoms with Crippen LogP contribution in [0.1, 0.15) is 43.0 Å². The van der Waals surface area contributed by atoms with Crippen molar-refractivity contribution >= 4 is 17.2 Å². The van der Waals surface area contributed by atoms with Gasteiger partial charge in [-0.15, -0.1) is 11.3 Å². The molecule has 0 atom stereocenters. The molecule has 0 aliphatic heterocycles. The number of methoxy groups -OCH3 is 1. The predicted octanol–water partition coefficient (Wildman–Crippen LogP) is 4.87. The monoisotopic (exact) mass is 331 g/mol. The molecule has 0 bridgehead atoms. The van der Waals surface area contributed by atoms with Crippen molar-refractivity contribution < 1.29 is 9.53 Å². The Bertz CT molecular complexity index is 595. The average molecular weight is 331 g/mol. The van der Waals surface area contributed by atoms with Crippen molar-refractivity contribution in [1.82, 2.24) is 4.90 Å². The fraction of sp³-hybridized carbons (Fsp3) is 0.421. The van der Waals surface area contributed by atoms with Crippen LogP contribution in [0.5, 0.6) is 5.75 Å². The first-order valence-corrected chi connectivity index (χ1v) is 9.04. The van der Waals surface area contributed by atoms with Gasteiger partial charge in [0.2, 0.25) is 5.91 Å². The van der Waals surface area contributed by atoms with E-state index in [4.69, 9.17) is 4.74 Å². The van der Waals surface area contributed by atoms with Crippen LogP contribution < -0.4 is 4.74 Å². The quantitative estimate of drug-likeness (QED) is 0.614. The van der Waals surface area contributed by atoms with Gasteiger partial charge in [-0.25, -0.2) is 0 Å². The number of benzene rings is 1. The molecule has 4 heteroatoms. The Labute approximate surface area is 142 Å². The molecule has 2 rings (SSSR count). The van der Waals surface area contributed by atoms with Crippen LogP contribution in [0, 0.1) is 0 Å². The third-order valence-corrected chi connectivity index (χ3v) is 4.69. The Morgan fingerprint density at radius 1 is 1.13 bits per heavy atom. The molecule has 0 aliphatic carbocycles. The number of rotatable bonds is 9. The van der Waals surface area contributed by atoms with Crippen molar-refractivity contribution in [1.29, 1.82) is 0 Å². The molecule has 0 N–H and O–H groups in total. The number of amides is 1. The first-order valence-electron chi connectivity index (χ1n) is 8.16. The maximum Gasteiger partial charge on any atom is 0.223 e. The van der Waals surface area contributed by atoms with Crippen LogP contribution in [0.25, 0.3) is 0 Å². The minimum atomic E-state index is 0.220. The summed E-state index contributed by atoms with van der Waals surface area (Å²) in [5.41, 5.74) is 1.05. The van der Waals surface area contributed by atoms with Gasteiger partial charge in [-0.2, -0.15) is 0 Å². The predicted molar refractivity (Wildman–Crippen MR) is 95.7 cm³/mol. The SMILES string of the molecule is CCCCCC(=O)N(Cc1cccs1)Cc1ccccc1OC. The van der Waals surface area contributed by atoms with E-state index in [9.17, 15) is 4.79 Å². The second-order valence-corrected chi connectivity index (χ2v) is 6.63. The number of carbonyl (C=O) groups is 1. The van der Waals surface area contributed by atoms with Crippen LogP contribution >= 0.6 is 11.3 Å². The van der Waals surface area contributed by atoms with Crippen LogP contribution in [0.4, 0.5) is 0 Å². The van der Waals surface area contributed by atoms with Gasteiger partial charge < -0.3 is 9.64 Å². The van der Waals surface area contributed by atoms with Gasteiger partial charge in [0, 0.05) is 23.4 Å². The summed E-state index contributed by atoms with van der Waals surface area (Å²) in [6.07, 6.45) is 3.81. The third-order valence-electron chi connectivity index (χ3n) is 3.83. The van der Waals surface area contributed by atoms with Gasteiger partial charge >= 0.3 is 0 Å². The Morgan fingerprint density at radius 2 is 1.96 bits per heavy atom. The van der Waals surface area contributed by atoms with E-state index in [2.05, 4.69) is 18.4 Å². The molecule has 3 nitrogen and oxygen atoms in total. The van der Waals surface area contributed by atoms with Crippen LogP contribution in [-0.4, -0.2) is 17.9 Å². The molecule has 1 amide bonds. The zero-order chi connectivity index (χ0) is 16.5. The molecular weight excluding hydrogens is 306 g/mol. The lowest BCUT2D eigenvalue weighted by Gasteiger charge is -2.23. The summed E-state index contributed by atoms with van der Waals surface area (Å²) in [4.78, 5) is 15.8. The molecule has 1 heterocycles. The number of nitrogens with zero attached hydrogens (tertiary/aromatic N) is 1. The summed E-state index contributed by atoms with van der Waals surface area (Å²) in [6.45, 7) is 3.41. The smallest absolute Gasteiger partial charge is 0.223 e. The highest BCUT2D eigenvalue weighted by Gasteiger charge is 2.16. The molecule has 0 spiro atoms. The Morgan fingerprint density at radius 3 is 2.65 bits per heavy atom. The lowest BCUT2D eigenvalue weighted by Crippen LogP contribution is -2.29. The molecule has 1 aromatic carbocycles. The average Bonchev–Trinajstić information content (AvgIpc) is 3.08. The lowest BCUT2D eigenvalue weighted by atomic mass is 10.1. The number of unbranched alkanes of at least 4 members (excludes halogenated alkanes) is 2. The van der Waals surface area contributed by atoms with Gasteiger partial charge in [0.05, 0.1) is 13.7 Å². The summed E-state index contributed by atoms with van der Waals surface area (Å²) in [6, 6.07) is 12.0. The van der Waals surface area contributed by atoms with E-state index in [0.717, 1.165) is 30.6 Å². The van der Waals surface area contributed by atoms with Crippen LogP contribution in [0.2, 0.25) is 0 Å². The molecule has 0 radical (unpaired) electrons. The van der Waals surface area contributed by atoms with Gasteiger partial charge in [-0.3, -0.25) is 4.79 Å². The van der Waals surface area contributed by atoms with Crippen molar-refractivity contribution in [2.45, 2.75) is 45.7 Å². The van der Waals surface area contributed by atoms with E-state index in [1.165, 1.54) is 4.88 Å². The van der Waals surface area contributed by atoms with E-state index in [-0.39, 0.29) is 5.91 Å². The Kier molecular flexibility index (Phi) is 7.14. The summed E-state index contributed by atoms with van der Waals surface area (Å²) in [5.74, 6) is 1.06. The van der Waals surface area contributed by atoms with E-state index in [1.807, 2.05) is 35.2 Å². The molecule has 23 heavy (non-hydrogen) atoms. The highest BCUT2D eigenvalue weighted by Crippen LogP contribution is 2.22. The van der Waals surface area contributed by atoms with Crippen LogP contribution in [0.15, 0.2) is 41.8 Å². The lowest BCUT2D eigenvalue weighted by molar-refractivity contribution is -0.132. The summed E-state index contributed by atoms with van der Waals surface area (Å²) in [7, 11) is 1.67. The summed E-state index contributed by atoms with van der Waals surface area (Å²) < 4.78 is 5.42. The molecule has 2 aromatic rings. The first-order chi connectivity index (χ1) is 11.2. The number of carbonyl (C=O) groups excluding carboxylic acids is 1. The first kappa shape index (κ1) is 17.5. The topological polar surface area (TPSA) is 29.5 Å². The standard InChI is InChI=1S/C19H25NO2S/c1-3-4-5-12-19(21)20(15-17-10-8-13-23-17)14-16-9-6-7-11-18(16)22-2/h6-11,13H,3-5,12,14-15H2,1-2H3. The molecule has 124 valence electrons. The summed E-state index contributed by atoms with van der Waals surface area (Å²) >= 11 is 1.69. The Hall–Kier alpha value is -1.81. The van der Waals surface area contributed by atoms with Crippen molar-refractivity contribution in [3.63, 3.8) is 0 Å². The molecule has 1 aromatic heterocycles. The third kappa shape index (κ3) is 5.39. The Balaban J connectivity index is 2.10. The summed E-state index contributed by atoms with van der Waals surface area (Å²) in [5, 5.41) is 2.05. The number of para-hydroxylation sites is 1. The molecule has 0 aliphatic rings. The van der Waals surface area contributed by atoms with Crippen LogP contribution in [0.3, 0.4) is 0 Å². The second-order valence-electron chi connectivity index (χ2n) is 5.60. The molecule has 0 saturated carbocycles. The van der Waals surface area contributed by atoms with Crippen molar-refractivity contribution in [2.75, 3.05) is 7.11 Å². The molecule has 0 unspecified atom stereocenters. The normalized spacial score (nSPS) is 10.5. The largest absolute Gasteiger partial charge is 0.496 e. The fourth-order valence-electron chi connectivity index (χ4n) is 2.55. The van der Waals surface area contributed by atoms with Crippen molar-refractivity contribution in [3.05, 3.63) is 52.2 Å². The number of hydrogen-bond donors (Lipinski definition) is 0. The molecule has 0 saturated heterocycles. The van der Waals surface area contributed by atoms with E-state index >= 15 is 0 Å². The fourth-order valence-corrected chi connectivity index (χ4v) is 3.27. The van der Waals surface area contributed by atoms with Gasteiger partial charge in [0.25, 0.3) is 0 Å². The maximum absolute atomic E-state index is 12.6. The van der Waals surface area contributed by atoms with Gasteiger partial charge in [0.15, 0.2) is 0 Å².